The lowest BCUT2D eigenvalue weighted by atomic mass is 10.1. The Hall–Kier alpha value is -1.36. The van der Waals surface area contributed by atoms with Gasteiger partial charge in [-0.1, -0.05) is 50.6 Å². The molecule has 1 aromatic rings. The number of halogens is 1. The predicted octanol–water partition coefficient (Wildman–Crippen LogP) is 2.72. The van der Waals surface area contributed by atoms with Gasteiger partial charge >= 0.3 is 5.69 Å². The van der Waals surface area contributed by atoms with Crippen LogP contribution in [0.3, 0.4) is 0 Å². The van der Waals surface area contributed by atoms with Crippen molar-refractivity contribution in [3.63, 3.8) is 0 Å². The molecule has 0 fully saturated rings. The highest BCUT2D eigenvalue weighted by Crippen LogP contribution is 2.23. The van der Waals surface area contributed by atoms with Gasteiger partial charge in [0.15, 0.2) is 0 Å². The fraction of sp³-hybridized carbons (Fsp3) is 0.643. The van der Waals surface area contributed by atoms with Gasteiger partial charge in [-0.25, -0.2) is 9.79 Å². The van der Waals surface area contributed by atoms with Crippen LogP contribution in [-0.4, -0.2) is 14.7 Å². The van der Waals surface area contributed by atoms with Crippen LogP contribution < -0.4 is 11.2 Å². The van der Waals surface area contributed by atoms with Crippen molar-refractivity contribution < 1.29 is 0 Å². The van der Waals surface area contributed by atoms with Gasteiger partial charge in [0.05, 0.1) is 5.56 Å². The minimum atomic E-state index is -0.391. The zero-order valence-corrected chi connectivity index (χ0v) is 12.5. The summed E-state index contributed by atoms with van der Waals surface area (Å²) in [5.41, 5.74) is -0.262. The van der Waals surface area contributed by atoms with E-state index in [4.69, 9.17) is 11.6 Å². The lowest BCUT2D eigenvalue weighted by Crippen LogP contribution is -2.31. The second-order valence-corrected chi connectivity index (χ2v) is 5.58. The molecule has 0 aliphatic carbocycles. The van der Waals surface area contributed by atoms with Gasteiger partial charge in [-0.15, -0.1) is 0 Å². The first-order chi connectivity index (χ1) is 9.63. The Morgan fingerprint density at radius 2 is 1.90 bits per heavy atom. The van der Waals surface area contributed by atoms with Gasteiger partial charge in [-0.05, 0) is 6.42 Å². The van der Waals surface area contributed by atoms with Gasteiger partial charge in [0.1, 0.15) is 11.0 Å². The molecule has 0 spiro atoms. The van der Waals surface area contributed by atoms with E-state index in [1.165, 1.54) is 30.3 Å². The molecule has 0 unspecified atom stereocenters. The molecule has 6 heteroatoms. The van der Waals surface area contributed by atoms with Crippen molar-refractivity contribution in [3.8, 4) is 0 Å². The molecule has 2 rings (SSSR count). The molecular formula is C14H20ClN3O2. The second-order valence-electron chi connectivity index (χ2n) is 5.15. The average Bonchev–Trinajstić information content (AvgIpc) is 2.79. The van der Waals surface area contributed by atoms with Crippen molar-refractivity contribution in [1.29, 1.82) is 0 Å². The molecule has 0 aromatic carbocycles. The van der Waals surface area contributed by atoms with E-state index < -0.39 is 5.69 Å². The maximum absolute atomic E-state index is 11.9. The Morgan fingerprint density at radius 3 is 2.65 bits per heavy atom. The zero-order chi connectivity index (χ0) is 14.5. The number of H-pyrrole nitrogens is 1. The molecule has 1 aliphatic heterocycles. The van der Waals surface area contributed by atoms with E-state index in [0.29, 0.717) is 29.5 Å². The molecule has 1 aromatic heterocycles. The summed E-state index contributed by atoms with van der Waals surface area (Å²) in [6.45, 7) is 2.77. The van der Waals surface area contributed by atoms with E-state index in [9.17, 15) is 9.59 Å². The summed E-state index contributed by atoms with van der Waals surface area (Å²) in [6.07, 6.45) is 7.21. The monoisotopic (exact) mass is 297 g/mol. The molecule has 0 bridgehead atoms. The second kappa shape index (κ2) is 6.88. The fourth-order valence-electron chi connectivity index (χ4n) is 2.45. The number of aromatic amines is 1. The number of aromatic nitrogens is 2. The van der Waals surface area contributed by atoms with Gasteiger partial charge in [0.25, 0.3) is 5.56 Å². The van der Waals surface area contributed by atoms with Crippen molar-refractivity contribution >= 4 is 22.6 Å². The molecule has 1 aliphatic rings. The molecule has 0 amide bonds. The van der Waals surface area contributed by atoms with Crippen molar-refractivity contribution in [2.45, 2.75) is 58.4 Å². The molecule has 20 heavy (non-hydrogen) atoms. The van der Waals surface area contributed by atoms with E-state index in [2.05, 4.69) is 16.9 Å². The Kier molecular flexibility index (Phi) is 5.17. The van der Waals surface area contributed by atoms with E-state index in [1.54, 1.807) is 0 Å². The summed E-state index contributed by atoms with van der Waals surface area (Å²) in [7, 11) is 0. The zero-order valence-electron chi connectivity index (χ0n) is 11.7. The largest absolute Gasteiger partial charge is 0.329 e. The van der Waals surface area contributed by atoms with Gasteiger partial charge in [0.2, 0.25) is 0 Å². The van der Waals surface area contributed by atoms with Gasteiger partial charge < -0.3 is 0 Å². The molecule has 2 heterocycles. The highest BCUT2D eigenvalue weighted by Gasteiger charge is 2.21. The number of hydrogen-bond acceptors (Lipinski definition) is 3. The molecule has 1 N–H and O–H groups in total. The lowest BCUT2D eigenvalue weighted by Gasteiger charge is -2.08. The third-order valence-corrected chi connectivity index (χ3v) is 3.77. The summed E-state index contributed by atoms with van der Waals surface area (Å²) < 4.78 is 1.53. The van der Waals surface area contributed by atoms with Crippen LogP contribution >= 0.6 is 11.6 Å². The summed E-state index contributed by atoms with van der Waals surface area (Å²) in [6, 6.07) is 0. The number of hydrogen-bond donors (Lipinski definition) is 1. The normalized spacial score (nSPS) is 13.4. The Balaban J connectivity index is 2.04. The van der Waals surface area contributed by atoms with E-state index >= 15 is 0 Å². The summed E-state index contributed by atoms with van der Waals surface area (Å²) in [5, 5.41) is 0.368. The van der Waals surface area contributed by atoms with Crippen molar-refractivity contribution in [2.75, 3.05) is 0 Å². The SMILES string of the molecule is CCCCCCCCn1c2c(c(=O)[nH]c1=O)CC(Cl)=N2. The molecule has 110 valence electrons. The van der Waals surface area contributed by atoms with Crippen LogP contribution in [0.5, 0.6) is 0 Å². The van der Waals surface area contributed by atoms with Gasteiger partial charge in [-0.2, -0.15) is 0 Å². The molecule has 0 saturated heterocycles. The first kappa shape index (κ1) is 15.0. The van der Waals surface area contributed by atoms with Crippen LogP contribution in [0.4, 0.5) is 5.82 Å². The standard InChI is InChI=1S/C14H20ClN3O2/c1-2-3-4-5-6-7-8-18-12-10(9-11(15)16-12)13(19)17-14(18)20/h2-9H2,1H3,(H,17,19,20). The molecule has 0 saturated carbocycles. The average molecular weight is 298 g/mol. The van der Waals surface area contributed by atoms with Gasteiger partial charge in [-0.3, -0.25) is 14.3 Å². The Morgan fingerprint density at radius 1 is 1.20 bits per heavy atom. The van der Waals surface area contributed by atoms with Crippen LogP contribution in [0.15, 0.2) is 14.6 Å². The first-order valence-corrected chi connectivity index (χ1v) is 7.60. The Bertz CT molecular complexity index is 616. The van der Waals surface area contributed by atoms with Crippen LogP contribution in [0.1, 0.15) is 51.0 Å². The predicted molar refractivity (Wildman–Crippen MR) is 81.4 cm³/mol. The van der Waals surface area contributed by atoms with Crippen molar-refractivity contribution in [1.82, 2.24) is 9.55 Å². The Labute approximate surface area is 122 Å². The summed E-state index contributed by atoms with van der Waals surface area (Å²) in [4.78, 5) is 30.0. The lowest BCUT2D eigenvalue weighted by molar-refractivity contribution is 0.544. The number of fused-ring (bicyclic) bond motifs is 1. The smallest absolute Gasteiger partial charge is 0.278 e. The highest BCUT2D eigenvalue weighted by atomic mass is 35.5. The minimum absolute atomic E-state index is 0.322. The molecule has 0 atom stereocenters. The quantitative estimate of drug-likeness (QED) is 0.786. The summed E-state index contributed by atoms with van der Waals surface area (Å²) in [5.74, 6) is 0.442. The number of nitrogens with zero attached hydrogens (tertiary/aromatic N) is 2. The topological polar surface area (TPSA) is 67.2 Å². The van der Waals surface area contributed by atoms with E-state index in [-0.39, 0.29) is 5.56 Å². The van der Waals surface area contributed by atoms with Crippen molar-refractivity contribution in [2.24, 2.45) is 4.99 Å². The number of aliphatic imine (C=N–C) groups is 1. The van der Waals surface area contributed by atoms with Crippen molar-refractivity contribution in [3.05, 3.63) is 26.4 Å². The third-order valence-electron chi connectivity index (χ3n) is 3.55. The first-order valence-electron chi connectivity index (χ1n) is 7.22. The molecule has 0 radical (unpaired) electrons. The third kappa shape index (κ3) is 3.39. The van der Waals surface area contributed by atoms with E-state index in [0.717, 1.165) is 12.8 Å². The maximum atomic E-state index is 11.9. The number of nitrogens with one attached hydrogen (secondary N) is 1. The van der Waals surface area contributed by atoms with Crippen LogP contribution in [0.2, 0.25) is 0 Å². The molecular weight excluding hydrogens is 278 g/mol. The maximum Gasteiger partial charge on any atom is 0.329 e. The van der Waals surface area contributed by atoms with Crippen LogP contribution in [0, 0.1) is 0 Å². The highest BCUT2D eigenvalue weighted by molar-refractivity contribution is 6.66. The minimum Gasteiger partial charge on any atom is -0.278 e. The molecule has 5 nitrogen and oxygen atoms in total. The number of unbranched alkanes of at least 4 members (excludes halogenated alkanes) is 5. The number of rotatable bonds is 7. The fourth-order valence-corrected chi connectivity index (χ4v) is 2.66. The van der Waals surface area contributed by atoms with Gasteiger partial charge in [0, 0.05) is 13.0 Å². The van der Waals surface area contributed by atoms with E-state index in [1.807, 2.05) is 0 Å². The van der Waals surface area contributed by atoms with Crippen LogP contribution in [-0.2, 0) is 13.0 Å². The van der Waals surface area contributed by atoms with Crippen LogP contribution in [0.25, 0.3) is 0 Å². The summed E-state index contributed by atoms with van der Waals surface area (Å²) >= 11 is 5.87.